The maximum absolute atomic E-state index is 12.5. The molecule has 0 radical (unpaired) electrons. The molecule has 1 aromatic rings. The highest BCUT2D eigenvalue weighted by Gasteiger charge is 2.34. The lowest BCUT2D eigenvalue weighted by molar-refractivity contribution is -0.141. The highest BCUT2D eigenvalue weighted by molar-refractivity contribution is 6.74. The van der Waals surface area contributed by atoms with Gasteiger partial charge in [-0.25, -0.2) is 4.79 Å². The summed E-state index contributed by atoms with van der Waals surface area (Å²) in [4.78, 5) is 17.0. The van der Waals surface area contributed by atoms with Crippen LogP contribution in [0.4, 0.5) is 5.69 Å². The monoisotopic (exact) mass is 424 g/mol. The van der Waals surface area contributed by atoms with Crippen molar-refractivity contribution in [3.63, 3.8) is 0 Å². The highest BCUT2D eigenvalue weighted by atomic mass is 35.5. The Morgan fingerprint density at radius 3 is 2.29 bits per heavy atom. The first-order valence-corrected chi connectivity index (χ1v) is 13.2. The van der Waals surface area contributed by atoms with Crippen LogP contribution in [-0.2, 0) is 14.0 Å². The van der Waals surface area contributed by atoms with Crippen LogP contribution in [0.25, 0.3) is 0 Å². The van der Waals surface area contributed by atoms with E-state index in [0.29, 0.717) is 12.4 Å². The molecular formula is C21H33ClN2O3Si. The van der Waals surface area contributed by atoms with Crippen LogP contribution in [0.15, 0.2) is 36.2 Å². The van der Waals surface area contributed by atoms with E-state index in [2.05, 4.69) is 36.6 Å². The van der Waals surface area contributed by atoms with Gasteiger partial charge < -0.3 is 19.0 Å². The van der Waals surface area contributed by atoms with E-state index >= 15 is 0 Å². The van der Waals surface area contributed by atoms with Crippen molar-refractivity contribution in [1.29, 1.82) is 0 Å². The van der Waals surface area contributed by atoms with Crippen molar-refractivity contribution in [2.24, 2.45) is 0 Å². The average molecular weight is 425 g/mol. The summed E-state index contributed by atoms with van der Waals surface area (Å²) in [5.41, 5.74) is 1.13. The maximum atomic E-state index is 12.5. The van der Waals surface area contributed by atoms with E-state index in [1.165, 1.54) is 0 Å². The number of anilines is 1. The van der Waals surface area contributed by atoms with Crippen molar-refractivity contribution in [2.75, 3.05) is 37.7 Å². The van der Waals surface area contributed by atoms with Crippen LogP contribution in [0, 0.1) is 0 Å². The second-order valence-corrected chi connectivity index (χ2v) is 12.2. The lowest BCUT2D eigenvalue weighted by Gasteiger charge is -2.36. The zero-order valence-corrected chi connectivity index (χ0v) is 19.3. The summed E-state index contributed by atoms with van der Waals surface area (Å²) in [5.74, 6) is 0.0160. The summed E-state index contributed by atoms with van der Waals surface area (Å²) in [6, 6.07) is 10.9. The summed E-state index contributed by atoms with van der Waals surface area (Å²) in [5, 5.41) is 0.748. The molecule has 28 heavy (non-hydrogen) atoms. The summed E-state index contributed by atoms with van der Waals surface area (Å²) < 4.78 is 11.6. The third-order valence-electron chi connectivity index (χ3n) is 5.52. The molecule has 0 amide bonds. The van der Waals surface area contributed by atoms with Gasteiger partial charge in [0.15, 0.2) is 0 Å². The number of rotatable bonds is 9. The molecule has 0 spiro atoms. The Morgan fingerprint density at radius 1 is 1.11 bits per heavy atom. The molecule has 1 aromatic carbocycles. The first-order chi connectivity index (χ1) is 13.5. The van der Waals surface area contributed by atoms with Gasteiger partial charge in [-0.2, -0.15) is 0 Å². The zero-order chi connectivity index (χ0) is 20.6. The topological polar surface area (TPSA) is 42.0 Å². The van der Waals surface area contributed by atoms with Gasteiger partial charge in [-0.1, -0.05) is 38.4 Å². The fourth-order valence-corrected chi connectivity index (χ4v) is 6.19. The van der Waals surface area contributed by atoms with Gasteiger partial charge in [-0.15, -0.1) is 0 Å². The van der Waals surface area contributed by atoms with Gasteiger partial charge in [0, 0.05) is 43.1 Å². The largest absolute Gasteiger partial charge is 0.538 e. The number of hydrogen-bond donors (Lipinski definition) is 0. The number of ether oxygens (including phenoxy) is 1. The van der Waals surface area contributed by atoms with Crippen LogP contribution in [0.1, 0.15) is 27.7 Å². The molecule has 0 saturated carbocycles. The third-order valence-corrected chi connectivity index (χ3v) is 10.3. The molecular weight excluding hydrogens is 392 g/mol. The Labute approximate surface area is 175 Å². The molecule has 2 rings (SSSR count). The summed E-state index contributed by atoms with van der Waals surface area (Å²) >= 11 is 6.12. The van der Waals surface area contributed by atoms with Gasteiger partial charge in [0.05, 0.1) is 6.61 Å². The average Bonchev–Trinajstić information content (AvgIpc) is 2.72. The Morgan fingerprint density at radius 2 is 1.75 bits per heavy atom. The van der Waals surface area contributed by atoms with Crippen LogP contribution >= 0.6 is 11.6 Å². The Hall–Kier alpha value is -1.66. The Balaban J connectivity index is 2.10. The van der Waals surface area contributed by atoms with E-state index in [1.807, 2.05) is 31.3 Å². The summed E-state index contributed by atoms with van der Waals surface area (Å²) in [6.07, 6.45) is 1.87. The normalized spacial score (nSPS) is 15.5. The number of piperazine rings is 1. The molecule has 1 fully saturated rings. The van der Waals surface area contributed by atoms with Crippen LogP contribution in [0.5, 0.6) is 0 Å². The SMILES string of the molecule is CCOC(=O)/C(=C/N1CCN(c2cccc(Cl)c2)CC1)O[Si](CC)(CC)CC. The molecule has 7 heteroatoms. The van der Waals surface area contributed by atoms with Crippen LogP contribution in [0.2, 0.25) is 23.2 Å². The number of esters is 1. The lowest BCUT2D eigenvalue weighted by atomic mass is 10.2. The fraction of sp³-hybridized carbons (Fsp3) is 0.571. The second kappa shape index (κ2) is 10.8. The Bertz CT molecular complexity index is 663. The summed E-state index contributed by atoms with van der Waals surface area (Å²) in [6.45, 7) is 12.0. The Kier molecular flexibility index (Phi) is 8.70. The molecule has 5 nitrogen and oxygen atoms in total. The first kappa shape index (κ1) is 22.6. The highest BCUT2D eigenvalue weighted by Crippen LogP contribution is 2.26. The molecule has 1 saturated heterocycles. The predicted octanol–water partition coefficient (Wildman–Crippen LogP) is 4.89. The van der Waals surface area contributed by atoms with Crippen LogP contribution in [0.3, 0.4) is 0 Å². The minimum atomic E-state index is -1.95. The molecule has 0 unspecified atom stereocenters. The first-order valence-electron chi connectivity index (χ1n) is 10.3. The van der Waals surface area contributed by atoms with Gasteiger partial charge in [0.2, 0.25) is 5.76 Å². The maximum Gasteiger partial charge on any atom is 0.373 e. The number of hydrogen-bond acceptors (Lipinski definition) is 5. The van der Waals surface area contributed by atoms with Crippen LogP contribution in [-0.4, -0.2) is 52.0 Å². The van der Waals surface area contributed by atoms with Crippen molar-refractivity contribution < 1.29 is 14.0 Å². The van der Waals surface area contributed by atoms with Crippen LogP contribution < -0.4 is 4.90 Å². The molecule has 1 heterocycles. The standard InChI is InChI=1S/C21H33ClN2O3Si/c1-5-26-21(25)20(27-28(6-2,7-3)8-4)17-23-12-14-24(15-13-23)19-11-9-10-18(22)16-19/h9-11,16-17H,5-8,12-15H2,1-4H3/b20-17-. The quantitative estimate of drug-likeness (QED) is 0.244. The molecule has 0 N–H and O–H groups in total. The molecule has 1 aliphatic heterocycles. The van der Waals surface area contributed by atoms with Gasteiger partial charge >= 0.3 is 5.97 Å². The molecule has 0 aliphatic carbocycles. The van der Waals surface area contributed by atoms with Gasteiger partial charge in [0.25, 0.3) is 8.32 Å². The molecule has 156 valence electrons. The van der Waals surface area contributed by atoms with E-state index in [0.717, 1.165) is 55.0 Å². The second-order valence-electron chi connectivity index (χ2n) is 7.06. The van der Waals surface area contributed by atoms with Gasteiger partial charge in [0.1, 0.15) is 0 Å². The van der Waals surface area contributed by atoms with E-state index < -0.39 is 8.32 Å². The van der Waals surface area contributed by atoms with E-state index in [4.69, 9.17) is 20.8 Å². The van der Waals surface area contributed by atoms with Gasteiger partial charge in [-0.05, 0) is 43.3 Å². The number of carbonyl (C=O) groups excluding carboxylic acids is 1. The predicted molar refractivity (Wildman–Crippen MR) is 118 cm³/mol. The molecule has 0 bridgehead atoms. The van der Waals surface area contributed by atoms with Crippen molar-refractivity contribution in [1.82, 2.24) is 4.90 Å². The lowest BCUT2D eigenvalue weighted by Crippen LogP contribution is -2.45. The number of nitrogens with zero attached hydrogens (tertiary/aromatic N) is 2. The van der Waals surface area contributed by atoms with Crippen molar-refractivity contribution >= 4 is 31.6 Å². The van der Waals surface area contributed by atoms with Crippen molar-refractivity contribution in [3.05, 3.63) is 41.2 Å². The smallest absolute Gasteiger partial charge is 0.373 e. The zero-order valence-electron chi connectivity index (χ0n) is 17.5. The van der Waals surface area contributed by atoms with Crippen molar-refractivity contribution in [2.45, 2.75) is 45.8 Å². The van der Waals surface area contributed by atoms with E-state index in [-0.39, 0.29) is 5.97 Å². The van der Waals surface area contributed by atoms with Gasteiger partial charge in [-0.3, -0.25) is 0 Å². The molecule has 0 aromatic heterocycles. The number of halogens is 1. The third kappa shape index (κ3) is 5.91. The van der Waals surface area contributed by atoms with Crippen molar-refractivity contribution in [3.8, 4) is 0 Å². The summed E-state index contributed by atoms with van der Waals surface area (Å²) in [7, 11) is -1.95. The molecule has 0 atom stereocenters. The minimum absolute atomic E-state index is 0.348. The van der Waals surface area contributed by atoms with E-state index in [1.54, 1.807) is 0 Å². The molecule has 1 aliphatic rings. The van der Waals surface area contributed by atoms with E-state index in [9.17, 15) is 4.79 Å². The fourth-order valence-electron chi connectivity index (χ4n) is 3.47. The number of benzene rings is 1. The number of carbonyl (C=O) groups is 1. The minimum Gasteiger partial charge on any atom is -0.538 e.